The molecule has 0 amide bonds. The van der Waals surface area contributed by atoms with Crippen molar-refractivity contribution in [2.24, 2.45) is 0 Å². The third-order valence-electron chi connectivity index (χ3n) is 1.73. The lowest BCUT2D eigenvalue weighted by Crippen LogP contribution is -2.26. The summed E-state index contributed by atoms with van der Waals surface area (Å²) in [4.78, 5) is 0. The van der Waals surface area contributed by atoms with E-state index in [-0.39, 0.29) is 4.75 Å². The van der Waals surface area contributed by atoms with Crippen LogP contribution in [0.5, 0.6) is 0 Å². The molecule has 0 radical (unpaired) electrons. The van der Waals surface area contributed by atoms with Gasteiger partial charge in [0.15, 0.2) is 0 Å². The molecular weight excluding hydrogens is 132 g/mol. The quantitative estimate of drug-likeness (QED) is 0.598. The Morgan fingerprint density at radius 3 is 1.89 bits per heavy atom. The summed E-state index contributed by atoms with van der Waals surface area (Å²) in [7, 11) is -0.637. The highest BCUT2D eigenvalue weighted by Crippen LogP contribution is 2.16. The van der Waals surface area contributed by atoms with Gasteiger partial charge in [0.25, 0.3) is 0 Å². The molecule has 0 aliphatic heterocycles. The largest absolute Gasteiger partial charge is 0.259 e. The summed E-state index contributed by atoms with van der Waals surface area (Å²) >= 11 is 0. The summed E-state index contributed by atoms with van der Waals surface area (Å²) in [6.07, 6.45) is 0.994. The molecule has 1 nitrogen and oxygen atoms in total. The molecule has 2 heteroatoms. The molecule has 0 saturated heterocycles. The van der Waals surface area contributed by atoms with Gasteiger partial charge in [-0.05, 0) is 20.3 Å². The molecule has 0 aliphatic rings. The third kappa shape index (κ3) is 2.48. The van der Waals surface area contributed by atoms with E-state index in [4.69, 9.17) is 0 Å². The predicted molar refractivity (Wildman–Crippen MR) is 43.1 cm³/mol. The van der Waals surface area contributed by atoms with Crippen LogP contribution in [0.3, 0.4) is 0 Å². The third-order valence-corrected chi connectivity index (χ3v) is 3.78. The first-order chi connectivity index (χ1) is 4.04. The van der Waals surface area contributed by atoms with Gasteiger partial charge in [-0.15, -0.1) is 0 Å². The SMILES string of the molecule is CCS(=O)C(C)(C)CC. The molecule has 0 aromatic carbocycles. The molecule has 0 heterocycles. The Hall–Kier alpha value is 0.150. The predicted octanol–water partition coefficient (Wildman–Crippen LogP) is 1.94. The van der Waals surface area contributed by atoms with Crippen LogP contribution in [0, 0.1) is 0 Å². The zero-order valence-electron chi connectivity index (χ0n) is 6.73. The Labute approximate surface area is 60.3 Å². The monoisotopic (exact) mass is 148 g/mol. The Morgan fingerprint density at radius 2 is 1.78 bits per heavy atom. The zero-order valence-corrected chi connectivity index (χ0v) is 7.55. The molecule has 0 aromatic rings. The van der Waals surface area contributed by atoms with Crippen LogP contribution in [0.4, 0.5) is 0 Å². The molecular formula is C7H16OS. The summed E-state index contributed by atoms with van der Waals surface area (Å²) in [5.41, 5.74) is 0. The van der Waals surface area contributed by atoms with Gasteiger partial charge in [-0.25, -0.2) is 0 Å². The van der Waals surface area contributed by atoms with Crippen LogP contribution in [-0.2, 0) is 10.8 Å². The Morgan fingerprint density at radius 1 is 1.33 bits per heavy atom. The van der Waals surface area contributed by atoms with Crippen LogP contribution in [-0.4, -0.2) is 14.7 Å². The van der Waals surface area contributed by atoms with Gasteiger partial charge in [0.05, 0.1) is 0 Å². The van der Waals surface area contributed by atoms with Crippen molar-refractivity contribution < 1.29 is 4.21 Å². The molecule has 1 atom stereocenters. The average Bonchev–Trinajstić information content (AvgIpc) is 1.86. The van der Waals surface area contributed by atoms with E-state index in [0.29, 0.717) is 0 Å². The first-order valence-corrected chi connectivity index (χ1v) is 4.75. The fourth-order valence-corrected chi connectivity index (χ4v) is 1.66. The maximum absolute atomic E-state index is 11.2. The maximum Gasteiger partial charge on any atom is 0.0400 e. The van der Waals surface area contributed by atoms with E-state index in [2.05, 4.69) is 6.92 Å². The lowest BCUT2D eigenvalue weighted by molar-refractivity contribution is 0.614. The molecule has 0 aliphatic carbocycles. The van der Waals surface area contributed by atoms with Gasteiger partial charge in [0, 0.05) is 21.3 Å². The van der Waals surface area contributed by atoms with Crippen molar-refractivity contribution in [3.63, 3.8) is 0 Å². The van der Waals surface area contributed by atoms with Gasteiger partial charge in [0.1, 0.15) is 0 Å². The van der Waals surface area contributed by atoms with Crippen LogP contribution in [0.2, 0.25) is 0 Å². The van der Waals surface area contributed by atoms with Crippen molar-refractivity contribution in [2.75, 3.05) is 5.75 Å². The molecule has 0 rings (SSSR count). The van der Waals surface area contributed by atoms with Crippen LogP contribution in [0.15, 0.2) is 0 Å². The van der Waals surface area contributed by atoms with Gasteiger partial charge in [-0.1, -0.05) is 13.8 Å². The minimum atomic E-state index is -0.637. The smallest absolute Gasteiger partial charge is 0.0400 e. The van der Waals surface area contributed by atoms with E-state index in [1.807, 2.05) is 20.8 Å². The van der Waals surface area contributed by atoms with Gasteiger partial charge in [-0.2, -0.15) is 0 Å². The molecule has 56 valence electrons. The Balaban J connectivity index is 3.97. The van der Waals surface area contributed by atoms with Crippen LogP contribution >= 0.6 is 0 Å². The van der Waals surface area contributed by atoms with Crippen molar-refractivity contribution in [2.45, 2.75) is 38.9 Å². The standard InChI is InChI=1S/C7H16OS/c1-5-7(3,4)9(8)6-2/h5-6H2,1-4H3. The summed E-state index contributed by atoms with van der Waals surface area (Å²) in [5.74, 6) is 0.779. The van der Waals surface area contributed by atoms with E-state index in [1.165, 1.54) is 0 Å². The van der Waals surface area contributed by atoms with Crippen molar-refractivity contribution in [1.82, 2.24) is 0 Å². The second kappa shape index (κ2) is 3.35. The van der Waals surface area contributed by atoms with E-state index in [0.717, 1.165) is 12.2 Å². The average molecular weight is 148 g/mol. The second-order valence-electron chi connectivity index (χ2n) is 2.75. The van der Waals surface area contributed by atoms with Crippen molar-refractivity contribution >= 4 is 10.8 Å². The van der Waals surface area contributed by atoms with E-state index in [9.17, 15) is 4.21 Å². The van der Waals surface area contributed by atoms with Gasteiger partial charge >= 0.3 is 0 Å². The normalized spacial score (nSPS) is 15.6. The van der Waals surface area contributed by atoms with E-state index in [1.54, 1.807) is 0 Å². The van der Waals surface area contributed by atoms with Crippen molar-refractivity contribution in [3.05, 3.63) is 0 Å². The first kappa shape index (κ1) is 9.15. The molecule has 0 spiro atoms. The molecule has 1 unspecified atom stereocenters. The molecule has 0 saturated carbocycles. The second-order valence-corrected chi connectivity index (χ2v) is 5.12. The number of rotatable bonds is 3. The van der Waals surface area contributed by atoms with E-state index < -0.39 is 10.8 Å². The van der Waals surface area contributed by atoms with Crippen LogP contribution in [0.25, 0.3) is 0 Å². The Kier molecular flexibility index (Phi) is 3.41. The molecule has 0 N–H and O–H groups in total. The highest BCUT2D eigenvalue weighted by atomic mass is 32.2. The van der Waals surface area contributed by atoms with Crippen LogP contribution in [0.1, 0.15) is 34.1 Å². The van der Waals surface area contributed by atoms with Crippen LogP contribution < -0.4 is 0 Å². The molecule has 9 heavy (non-hydrogen) atoms. The minimum Gasteiger partial charge on any atom is -0.259 e. The summed E-state index contributed by atoms with van der Waals surface area (Å²) in [6.45, 7) is 8.14. The lowest BCUT2D eigenvalue weighted by Gasteiger charge is -2.20. The Bertz CT molecular complexity index is 107. The molecule has 0 aromatic heterocycles. The molecule has 0 fully saturated rings. The van der Waals surface area contributed by atoms with E-state index >= 15 is 0 Å². The summed E-state index contributed by atoms with van der Waals surface area (Å²) < 4.78 is 11.2. The summed E-state index contributed by atoms with van der Waals surface area (Å²) in [6, 6.07) is 0. The lowest BCUT2D eigenvalue weighted by atomic mass is 10.1. The fourth-order valence-electron chi connectivity index (χ4n) is 0.552. The fraction of sp³-hybridized carbons (Fsp3) is 1.00. The van der Waals surface area contributed by atoms with Crippen molar-refractivity contribution in [3.8, 4) is 0 Å². The number of hydrogen-bond donors (Lipinski definition) is 0. The number of hydrogen-bond acceptors (Lipinski definition) is 1. The van der Waals surface area contributed by atoms with Gasteiger partial charge in [0.2, 0.25) is 0 Å². The molecule has 0 bridgehead atoms. The highest BCUT2D eigenvalue weighted by molar-refractivity contribution is 7.86. The maximum atomic E-state index is 11.2. The summed E-state index contributed by atoms with van der Waals surface area (Å²) in [5, 5.41) is 0. The van der Waals surface area contributed by atoms with Gasteiger partial charge < -0.3 is 0 Å². The zero-order chi connectivity index (χ0) is 7.49. The van der Waals surface area contributed by atoms with Crippen molar-refractivity contribution in [1.29, 1.82) is 0 Å². The topological polar surface area (TPSA) is 17.1 Å². The highest BCUT2D eigenvalue weighted by Gasteiger charge is 2.21. The minimum absolute atomic E-state index is 0.0226. The van der Waals surface area contributed by atoms with Gasteiger partial charge in [-0.3, -0.25) is 4.21 Å². The first-order valence-electron chi connectivity index (χ1n) is 3.43.